The predicted octanol–water partition coefficient (Wildman–Crippen LogP) is -3.57. The van der Waals surface area contributed by atoms with Crippen molar-refractivity contribution in [1.82, 2.24) is 4.90 Å². The molecule has 8 nitrogen and oxygen atoms in total. The predicted molar refractivity (Wildman–Crippen MR) is 65.0 cm³/mol. The topological polar surface area (TPSA) is 142 Å². The number of rotatable bonds is 9. The summed E-state index contributed by atoms with van der Waals surface area (Å²) in [4.78, 5) is 12.4. The molecule has 0 radical (unpaired) electrons. The van der Waals surface area contributed by atoms with Gasteiger partial charge in [0.25, 0.3) is 0 Å². The molecule has 8 heteroatoms. The molecule has 4 atom stereocenters. The molecule has 0 saturated carbocycles. The minimum absolute atomic E-state index is 0.0761. The minimum Gasteiger partial charge on any atom is -0.395 e. The first-order valence-electron chi connectivity index (χ1n) is 5.74. The summed E-state index contributed by atoms with van der Waals surface area (Å²) >= 11 is 0. The average Bonchev–Trinajstić information content (AvgIpc) is 2.43. The van der Waals surface area contributed by atoms with Crippen LogP contribution in [-0.4, -0.2) is 92.2 Å². The maximum Gasteiger partial charge on any atom is 0.246 e. The highest BCUT2D eigenvalue weighted by Gasteiger charge is 2.31. The lowest BCUT2D eigenvalue weighted by Gasteiger charge is -2.29. The number of hydrogen-bond acceptors (Lipinski definition) is 7. The Hall–Kier alpha value is -1.03. The van der Waals surface area contributed by atoms with Crippen molar-refractivity contribution in [2.45, 2.75) is 24.4 Å². The molecule has 0 heterocycles. The summed E-state index contributed by atoms with van der Waals surface area (Å²) in [5.41, 5.74) is 0. The van der Waals surface area contributed by atoms with Crippen molar-refractivity contribution in [3.8, 4) is 0 Å². The minimum atomic E-state index is -1.75. The molecule has 0 aromatic carbocycles. The molecule has 0 saturated heterocycles. The fourth-order valence-electron chi connectivity index (χ4n) is 1.44. The second-order valence-electron chi connectivity index (χ2n) is 4.01. The molecular weight excluding hydrogens is 258 g/mol. The lowest BCUT2D eigenvalue weighted by Crippen LogP contribution is -2.50. The van der Waals surface area contributed by atoms with E-state index in [1.54, 1.807) is 0 Å². The van der Waals surface area contributed by atoms with Gasteiger partial charge >= 0.3 is 0 Å². The molecule has 0 spiro atoms. The van der Waals surface area contributed by atoms with Gasteiger partial charge in [-0.1, -0.05) is 6.58 Å². The third-order valence-corrected chi connectivity index (χ3v) is 2.59. The smallest absolute Gasteiger partial charge is 0.246 e. The molecule has 0 aliphatic heterocycles. The van der Waals surface area contributed by atoms with Crippen LogP contribution < -0.4 is 0 Å². The largest absolute Gasteiger partial charge is 0.395 e. The Morgan fingerprint density at radius 3 is 2.05 bits per heavy atom. The maximum absolute atomic E-state index is 11.4. The third-order valence-electron chi connectivity index (χ3n) is 2.59. The van der Waals surface area contributed by atoms with Gasteiger partial charge < -0.3 is 35.5 Å². The van der Waals surface area contributed by atoms with Crippen molar-refractivity contribution in [1.29, 1.82) is 0 Å². The summed E-state index contributed by atoms with van der Waals surface area (Å²) in [6, 6.07) is 0. The fraction of sp³-hybridized carbons (Fsp3) is 0.727. The highest BCUT2D eigenvalue weighted by molar-refractivity contribution is 5.87. The molecule has 1 amide bonds. The molecule has 112 valence electrons. The molecule has 0 bridgehead atoms. The van der Waals surface area contributed by atoms with Crippen molar-refractivity contribution in [2.24, 2.45) is 0 Å². The summed E-state index contributed by atoms with van der Waals surface area (Å²) in [5, 5.41) is 55.1. The van der Waals surface area contributed by atoms with Crippen molar-refractivity contribution in [2.75, 3.05) is 26.3 Å². The lowest BCUT2D eigenvalue weighted by molar-refractivity contribution is -0.136. The molecule has 0 aromatic heterocycles. The van der Waals surface area contributed by atoms with Gasteiger partial charge in [0.05, 0.1) is 13.2 Å². The second-order valence-corrected chi connectivity index (χ2v) is 4.01. The van der Waals surface area contributed by atoms with E-state index in [9.17, 15) is 20.1 Å². The van der Waals surface area contributed by atoms with E-state index in [0.29, 0.717) is 0 Å². The molecule has 0 aliphatic rings. The van der Waals surface area contributed by atoms with Crippen LogP contribution in [0.25, 0.3) is 0 Å². The Bertz CT molecular complexity index is 286. The number of nitrogens with zero attached hydrogens (tertiary/aromatic N) is 1. The van der Waals surface area contributed by atoms with Crippen LogP contribution in [0, 0.1) is 0 Å². The maximum atomic E-state index is 11.4. The average molecular weight is 279 g/mol. The van der Waals surface area contributed by atoms with Crippen molar-refractivity contribution >= 4 is 5.91 Å². The SMILES string of the molecule is C=CC(=O)N(CCO)C[C@H](O)[C@@H](O)[C@@H](O)[C@H](O)CO. The van der Waals surface area contributed by atoms with Crippen LogP contribution in [0.15, 0.2) is 12.7 Å². The molecule has 6 N–H and O–H groups in total. The van der Waals surface area contributed by atoms with Crippen LogP contribution in [-0.2, 0) is 4.79 Å². The van der Waals surface area contributed by atoms with E-state index in [2.05, 4.69) is 6.58 Å². The number of aliphatic hydroxyl groups is 6. The van der Waals surface area contributed by atoms with E-state index in [1.807, 2.05) is 0 Å². The summed E-state index contributed by atoms with van der Waals surface area (Å²) in [7, 11) is 0. The Labute approximate surface area is 110 Å². The van der Waals surface area contributed by atoms with Gasteiger partial charge in [-0.15, -0.1) is 0 Å². The lowest BCUT2D eigenvalue weighted by atomic mass is 10.0. The fourth-order valence-corrected chi connectivity index (χ4v) is 1.44. The monoisotopic (exact) mass is 279 g/mol. The molecule has 0 aliphatic carbocycles. The van der Waals surface area contributed by atoms with Gasteiger partial charge in [-0.05, 0) is 6.08 Å². The molecule has 0 aromatic rings. The van der Waals surface area contributed by atoms with Crippen LogP contribution in [0.3, 0.4) is 0 Å². The van der Waals surface area contributed by atoms with E-state index in [0.717, 1.165) is 11.0 Å². The van der Waals surface area contributed by atoms with Gasteiger partial charge in [0.2, 0.25) is 5.91 Å². The standard InChI is InChI=1S/C11H21NO7/c1-2-9(17)12(3-4-13)5-7(15)10(18)11(19)8(16)6-14/h2,7-8,10-11,13-16,18-19H,1,3-6H2/t7-,8+,10+,11-/m0/s1. The quantitative estimate of drug-likeness (QED) is 0.240. The normalized spacial score (nSPS) is 17.4. The first kappa shape index (κ1) is 18.0. The zero-order valence-electron chi connectivity index (χ0n) is 10.5. The van der Waals surface area contributed by atoms with E-state index in [-0.39, 0.29) is 19.7 Å². The Morgan fingerprint density at radius 1 is 1.11 bits per heavy atom. The first-order chi connectivity index (χ1) is 8.88. The first-order valence-corrected chi connectivity index (χ1v) is 5.74. The van der Waals surface area contributed by atoms with Gasteiger partial charge in [-0.2, -0.15) is 0 Å². The number of aliphatic hydroxyl groups excluding tert-OH is 6. The van der Waals surface area contributed by atoms with Gasteiger partial charge in [-0.3, -0.25) is 4.79 Å². The van der Waals surface area contributed by atoms with Gasteiger partial charge in [0, 0.05) is 13.1 Å². The van der Waals surface area contributed by atoms with Crippen LogP contribution in [0.4, 0.5) is 0 Å². The zero-order chi connectivity index (χ0) is 15.0. The third kappa shape index (κ3) is 5.64. The number of carbonyl (C=O) groups is 1. The van der Waals surface area contributed by atoms with Crippen molar-refractivity contribution < 1.29 is 35.4 Å². The summed E-state index contributed by atoms with van der Waals surface area (Å²) in [6.07, 6.45) is -5.68. The summed E-state index contributed by atoms with van der Waals surface area (Å²) in [5.74, 6) is -0.558. The number of amides is 1. The van der Waals surface area contributed by atoms with E-state index >= 15 is 0 Å². The van der Waals surface area contributed by atoms with Gasteiger partial charge in [-0.25, -0.2) is 0 Å². The second kappa shape index (κ2) is 8.97. The highest BCUT2D eigenvalue weighted by Crippen LogP contribution is 2.07. The van der Waals surface area contributed by atoms with E-state index in [1.165, 1.54) is 0 Å². The number of carbonyl (C=O) groups excluding carboxylic acids is 1. The molecule has 0 rings (SSSR count). The molecular formula is C11H21NO7. The Balaban J connectivity index is 4.57. The number of hydrogen-bond donors (Lipinski definition) is 6. The van der Waals surface area contributed by atoms with Crippen LogP contribution in [0.5, 0.6) is 0 Å². The van der Waals surface area contributed by atoms with Crippen LogP contribution in [0.1, 0.15) is 0 Å². The van der Waals surface area contributed by atoms with Crippen molar-refractivity contribution in [3.63, 3.8) is 0 Å². The van der Waals surface area contributed by atoms with E-state index < -0.39 is 36.9 Å². The Morgan fingerprint density at radius 2 is 1.63 bits per heavy atom. The molecule has 0 unspecified atom stereocenters. The summed E-state index contributed by atoms with van der Waals surface area (Å²) in [6.45, 7) is 1.69. The van der Waals surface area contributed by atoms with Crippen molar-refractivity contribution in [3.05, 3.63) is 12.7 Å². The summed E-state index contributed by atoms with van der Waals surface area (Å²) < 4.78 is 0. The van der Waals surface area contributed by atoms with E-state index in [4.69, 9.17) is 15.3 Å². The van der Waals surface area contributed by atoms with Gasteiger partial charge in [0.1, 0.15) is 24.4 Å². The molecule has 19 heavy (non-hydrogen) atoms. The highest BCUT2D eigenvalue weighted by atomic mass is 16.4. The van der Waals surface area contributed by atoms with Gasteiger partial charge in [0.15, 0.2) is 0 Å². The molecule has 0 fully saturated rings. The zero-order valence-corrected chi connectivity index (χ0v) is 10.5. The van der Waals surface area contributed by atoms with Crippen LogP contribution in [0.2, 0.25) is 0 Å². The van der Waals surface area contributed by atoms with Crippen LogP contribution >= 0.6 is 0 Å². The Kier molecular flexibility index (Phi) is 8.48.